The second kappa shape index (κ2) is 7.29. The van der Waals surface area contributed by atoms with Crippen molar-refractivity contribution in [2.24, 2.45) is 0 Å². The van der Waals surface area contributed by atoms with Gasteiger partial charge >= 0.3 is 0 Å². The topological polar surface area (TPSA) is 29.5 Å². The Bertz CT molecular complexity index is 466. The molecule has 0 bridgehead atoms. The molecule has 21 heavy (non-hydrogen) atoms. The second-order valence-corrected chi connectivity index (χ2v) is 12.9. The Hall–Kier alpha value is -0.323. The molecule has 0 heterocycles. The number of hydrogen-bond acceptors (Lipinski definition) is 2. The molecule has 0 radical (unpaired) electrons. The van der Waals surface area contributed by atoms with Gasteiger partial charge in [0.25, 0.3) is 0 Å². The van der Waals surface area contributed by atoms with Crippen LogP contribution in [0.4, 0.5) is 0 Å². The van der Waals surface area contributed by atoms with E-state index in [-0.39, 0.29) is 11.1 Å². The summed E-state index contributed by atoms with van der Waals surface area (Å²) in [6, 6.07) is 5.60. The van der Waals surface area contributed by atoms with Crippen molar-refractivity contribution < 1.29 is 9.53 Å². The molecule has 0 saturated carbocycles. The molecule has 1 aromatic carbocycles. The summed E-state index contributed by atoms with van der Waals surface area (Å²) in [5.74, 6) is 0.331. The van der Waals surface area contributed by atoms with Gasteiger partial charge in [-0.3, -0.25) is 0 Å². The van der Waals surface area contributed by atoms with Gasteiger partial charge < -0.3 is 9.53 Å². The number of aromatic hydroxyl groups is 1. The zero-order valence-electron chi connectivity index (χ0n) is 14.2. The minimum Gasteiger partial charge on any atom is -0.508 e. The Morgan fingerprint density at radius 1 is 1.29 bits per heavy atom. The molecule has 0 aliphatic rings. The predicted molar refractivity (Wildman–Crippen MR) is 96.4 cm³/mol. The maximum Gasteiger partial charge on any atom is 0.192 e. The normalized spacial score (nSPS) is 14.2. The molecule has 0 aromatic heterocycles. The average Bonchev–Trinajstić information content (AvgIpc) is 2.36. The highest BCUT2D eigenvalue weighted by Gasteiger charge is 2.39. The molecule has 0 saturated heterocycles. The number of hydrogen-bond donors (Lipinski definition) is 1. The average molecular weight is 373 g/mol. The summed E-state index contributed by atoms with van der Waals surface area (Å²) in [5, 5.41) is 10.4. The number of halogens is 1. The van der Waals surface area contributed by atoms with Crippen LogP contribution in [-0.2, 0) is 4.43 Å². The summed E-state index contributed by atoms with van der Waals surface area (Å²) in [7, 11) is -1.87. The molecule has 1 atom stereocenters. The lowest BCUT2D eigenvalue weighted by Crippen LogP contribution is -2.41. The minimum absolute atomic E-state index is 0.0247. The SMILES string of the molecule is CCCCC(O[Si](C)(C)C(C)(C)C)c1cc(Br)ccc1O. The Morgan fingerprint density at radius 3 is 2.43 bits per heavy atom. The zero-order valence-corrected chi connectivity index (χ0v) is 16.8. The molecule has 0 amide bonds. The number of benzene rings is 1. The number of unbranched alkanes of at least 4 members (excludes halogenated alkanes) is 1. The second-order valence-electron chi connectivity index (χ2n) is 7.21. The van der Waals surface area contributed by atoms with Gasteiger partial charge in [0.05, 0.1) is 6.10 Å². The van der Waals surface area contributed by atoms with Gasteiger partial charge in [0, 0.05) is 10.0 Å². The fourth-order valence-corrected chi connectivity index (χ4v) is 3.67. The fourth-order valence-electron chi connectivity index (χ4n) is 1.98. The van der Waals surface area contributed by atoms with E-state index in [2.05, 4.69) is 56.7 Å². The largest absolute Gasteiger partial charge is 0.508 e. The third kappa shape index (κ3) is 5.11. The molecule has 1 rings (SSSR count). The standard InChI is InChI=1S/C17H29BrO2Si/c1-7-8-9-16(20-21(5,6)17(2,3)4)14-12-13(18)10-11-15(14)19/h10-12,16,19H,7-9H2,1-6H3. The van der Waals surface area contributed by atoms with Crippen LogP contribution in [0.5, 0.6) is 5.75 Å². The number of rotatable bonds is 6. The highest BCUT2D eigenvalue weighted by Crippen LogP contribution is 2.42. The first-order valence-corrected chi connectivity index (χ1v) is 11.4. The Labute approximate surface area is 139 Å². The third-order valence-corrected chi connectivity index (χ3v) is 9.38. The number of phenols is 1. The van der Waals surface area contributed by atoms with E-state index in [4.69, 9.17) is 4.43 Å². The van der Waals surface area contributed by atoms with Gasteiger partial charge in [0.1, 0.15) is 5.75 Å². The van der Waals surface area contributed by atoms with Crippen LogP contribution in [0.25, 0.3) is 0 Å². The fraction of sp³-hybridized carbons (Fsp3) is 0.647. The van der Waals surface area contributed by atoms with E-state index in [1.165, 1.54) is 0 Å². The molecule has 4 heteroatoms. The molecule has 0 aliphatic carbocycles. The van der Waals surface area contributed by atoms with Crippen LogP contribution < -0.4 is 0 Å². The van der Waals surface area contributed by atoms with Crippen molar-refractivity contribution in [2.45, 2.75) is 71.2 Å². The van der Waals surface area contributed by atoms with Crippen LogP contribution in [0, 0.1) is 0 Å². The Kier molecular flexibility index (Phi) is 6.50. The van der Waals surface area contributed by atoms with E-state index in [1.54, 1.807) is 6.07 Å². The van der Waals surface area contributed by atoms with Crippen molar-refractivity contribution in [3.8, 4) is 5.75 Å². The van der Waals surface area contributed by atoms with E-state index in [0.29, 0.717) is 5.75 Å². The van der Waals surface area contributed by atoms with Gasteiger partial charge in [0.15, 0.2) is 8.32 Å². The lowest BCUT2D eigenvalue weighted by atomic mass is 10.0. The molecule has 0 fully saturated rings. The zero-order chi connectivity index (χ0) is 16.3. The third-order valence-electron chi connectivity index (χ3n) is 4.40. The van der Waals surface area contributed by atoms with Crippen molar-refractivity contribution in [3.63, 3.8) is 0 Å². The molecular weight excluding hydrogens is 344 g/mol. The molecule has 0 spiro atoms. The smallest absolute Gasteiger partial charge is 0.192 e. The van der Waals surface area contributed by atoms with Gasteiger partial charge in [-0.25, -0.2) is 0 Å². The van der Waals surface area contributed by atoms with Crippen LogP contribution in [0.2, 0.25) is 18.1 Å². The molecular formula is C17H29BrO2Si. The van der Waals surface area contributed by atoms with Gasteiger partial charge in [-0.2, -0.15) is 0 Å². The lowest BCUT2D eigenvalue weighted by Gasteiger charge is -2.39. The van der Waals surface area contributed by atoms with Crippen molar-refractivity contribution in [2.75, 3.05) is 0 Å². The highest BCUT2D eigenvalue weighted by molar-refractivity contribution is 9.10. The maximum absolute atomic E-state index is 10.2. The van der Waals surface area contributed by atoms with Crippen molar-refractivity contribution in [1.29, 1.82) is 0 Å². The minimum atomic E-state index is -1.87. The first-order valence-electron chi connectivity index (χ1n) is 7.74. The Morgan fingerprint density at radius 2 is 1.90 bits per heavy atom. The Balaban J connectivity index is 3.09. The van der Waals surface area contributed by atoms with Crippen LogP contribution in [0.15, 0.2) is 22.7 Å². The molecule has 0 aliphatic heterocycles. The number of phenolic OH excluding ortho intramolecular Hbond substituents is 1. The first kappa shape index (κ1) is 18.7. The van der Waals surface area contributed by atoms with Crippen molar-refractivity contribution >= 4 is 24.2 Å². The summed E-state index contributed by atoms with van der Waals surface area (Å²) in [5.41, 5.74) is 0.905. The summed E-state index contributed by atoms with van der Waals surface area (Å²) in [4.78, 5) is 0. The van der Waals surface area contributed by atoms with E-state index in [1.807, 2.05) is 12.1 Å². The summed E-state index contributed by atoms with van der Waals surface area (Å²) < 4.78 is 7.57. The van der Waals surface area contributed by atoms with E-state index in [0.717, 1.165) is 29.3 Å². The highest BCUT2D eigenvalue weighted by atomic mass is 79.9. The van der Waals surface area contributed by atoms with Crippen LogP contribution in [-0.4, -0.2) is 13.4 Å². The predicted octanol–water partition coefficient (Wildman–Crippen LogP) is 6.41. The van der Waals surface area contributed by atoms with Crippen molar-refractivity contribution in [3.05, 3.63) is 28.2 Å². The molecule has 2 nitrogen and oxygen atoms in total. The van der Waals surface area contributed by atoms with E-state index < -0.39 is 8.32 Å². The molecule has 1 unspecified atom stereocenters. The summed E-state index contributed by atoms with van der Waals surface area (Å²) in [6.45, 7) is 13.5. The van der Waals surface area contributed by atoms with Crippen LogP contribution in [0.3, 0.4) is 0 Å². The van der Waals surface area contributed by atoms with Crippen LogP contribution in [0.1, 0.15) is 58.6 Å². The van der Waals surface area contributed by atoms with Crippen LogP contribution >= 0.6 is 15.9 Å². The van der Waals surface area contributed by atoms with Gasteiger partial charge in [-0.15, -0.1) is 0 Å². The molecule has 1 N–H and O–H groups in total. The lowest BCUT2D eigenvalue weighted by molar-refractivity contribution is 0.167. The summed E-state index contributed by atoms with van der Waals surface area (Å²) in [6.07, 6.45) is 3.16. The van der Waals surface area contributed by atoms with E-state index in [9.17, 15) is 5.11 Å². The maximum atomic E-state index is 10.2. The van der Waals surface area contributed by atoms with Crippen molar-refractivity contribution in [1.82, 2.24) is 0 Å². The summed E-state index contributed by atoms with van der Waals surface area (Å²) >= 11 is 3.50. The first-order chi connectivity index (χ1) is 9.58. The molecule has 120 valence electrons. The van der Waals surface area contributed by atoms with E-state index >= 15 is 0 Å². The van der Waals surface area contributed by atoms with Gasteiger partial charge in [-0.05, 0) is 42.8 Å². The van der Waals surface area contributed by atoms with Gasteiger partial charge in [-0.1, -0.05) is 56.5 Å². The quantitative estimate of drug-likeness (QED) is 0.584. The van der Waals surface area contributed by atoms with Gasteiger partial charge in [0.2, 0.25) is 0 Å². The molecule has 1 aromatic rings. The monoisotopic (exact) mass is 372 g/mol.